The number of hydrogen-bond donors (Lipinski definition) is 3. The SMILES string of the molecule is C(OCC1CO1)C1CO1.OCC=CC(CO)CO. The van der Waals surface area contributed by atoms with E-state index in [0.717, 1.165) is 26.4 Å². The fourth-order valence-electron chi connectivity index (χ4n) is 1.09. The zero-order valence-corrected chi connectivity index (χ0v) is 10.4. The Bertz CT molecular complexity index is 209. The molecule has 6 heteroatoms. The average molecular weight is 262 g/mol. The highest BCUT2D eigenvalue weighted by Crippen LogP contribution is 2.12. The van der Waals surface area contributed by atoms with Gasteiger partial charge in [0, 0.05) is 5.92 Å². The van der Waals surface area contributed by atoms with Crippen LogP contribution in [0.2, 0.25) is 0 Å². The molecule has 106 valence electrons. The molecule has 0 radical (unpaired) electrons. The van der Waals surface area contributed by atoms with Gasteiger partial charge in [0.2, 0.25) is 0 Å². The summed E-state index contributed by atoms with van der Waals surface area (Å²) < 4.78 is 15.1. The third-order valence-corrected chi connectivity index (χ3v) is 2.39. The molecule has 0 spiro atoms. The smallest absolute Gasteiger partial charge is 0.104 e. The molecule has 0 aromatic carbocycles. The number of epoxide rings is 2. The molecule has 2 unspecified atom stereocenters. The fraction of sp³-hybridized carbons (Fsp3) is 0.833. The Morgan fingerprint density at radius 2 is 1.56 bits per heavy atom. The number of aliphatic hydroxyl groups is 3. The minimum atomic E-state index is -0.225. The normalized spacial score (nSPS) is 25.1. The Kier molecular flexibility index (Phi) is 8.15. The van der Waals surface area contributed by atoms with Crippen LogP contribution in [0.3, 0.4) is 0 Å². The van der Waals surface area contributed by atoms with E-state index in [1.165, 1.54) is 6.08 Å². The summed E-state index contributed by atoms with van der Waals surface area (Å²) in [6, 6.07) is 0. The highest BCUT2D eigenvalue weighted by atomic mass is 16.6. The van der Waals surface area contributed by atoms with Gasteiger partial charge in [-0.25, -0.2) is 0 Å². The van der Waals surface area contributed by atoms with Crippen LogP contribution in [0.25, 0.3) is 0 Å². The molecule has 18 heavy (non-hydrogen) atoms. The molecular weight excluding hydrogens is 240 g/mol. The highest BCUT2D eigenvalue weighted by molar-refractivity contribution is 4.87. The van der Waals surface area contributed by atoms with Gasteiger partial charge in [-0.05, 0) is 0 Å². The van der Waals surface area contributed by atoms with Crippen molar-refractivity contribution in [2.24, 2.45) is 5.92 Å². The van der Waals surface area contributed by atoms with Crippen molar-refractivity contribution in [3.63, 3.8) is 0 Å². The van der Waals surface area contributed by atoms with E-state index in [2.05, 4.69) is 0 Å². The maximum absolute atomic E-state index is 8.46. The maximum Gasteiger partial charge on any atom is 0.104 e. The summed E-state index contributed by atoms with van der Waals surface area (Å²) in [5.74, 6) is -0.225. The van der Waals surface area contributed by atoms with E-state index < -0.39 is 0 Å². The lowest BCUT2D eigenvalue weighted by Gasteiger charge is -2.01. The van der Waals surface area contributed by atoms with Crippen molar-refractivity contribution < 1.29 is 29.5 Å². The third-order valence-electron chi connectivity index (χ3n) is 2.39. The second-order valence-electron chi connectivity index (χ2n) is 4.18. The Balaban J connectivity index is 0.000000180. The molecular formula is C12H22O6. The van der Waals surface area contributed by atoms with E-state index in [1.54, 1.807) is 6.08 Å². The van der Waals surface area contributed by atoms with Gasteiger partial charge < -0.3 is 29.5 Å². The Labute approximate surface area is 107 Å². The average Bonchev–Trinajstić information content (AvgIpc) is 3.26. The van der Waals surface area contributed by atoms with Crippen molar-refractivity contribution in [1.82, 2.24) is 0 Å². The second-order valence-corrected chi connectivity index (χ2v) is 4.18. The molecule has 0 aromatic heterocycles. The first-order valence-corrected chi connectivity index (χ1v) is 6.10. The summed E-state index contributed by atoms with van der Waals surface area (Å²) in [5, 5.41) is 25.2. The van der Waals surface area contributed by atoms with Crippen LogP contribution in [0.15, 0.2) is 12.2 Å². The van der Waals surface area contributed by atoms with Crippen molar-refractivity contribution in [2.45, 2.75) is 12.2 Å². The topological polar surface area (TPSA) is 95.0 Å². The van der Waals surface area contributed by atoms with Crippen LogP contribution in [0.4, 0.5) is 0 Å². The van der Waals surface area contributed by atoms with E-state index in [1.807, 2.05) is 0 Å². The van der Waals surface area contributed by atoms with Gasteiger partial charge in [0.1, 0.15) is 12.2 Å². The molecule has 2 aliphatic heterocycles. The quantitative estimate of drug-likeness (QED) is 0.381. The lowest BCUT2D eigenvalue weighted by molar-refractivity contribution is 0.102. The van der Waals surface area contributed by atoms with Crippen LogP contribution >= 0.6 is 0 Å². The predicted octanol–water partition coefficient (Wildman–Crippen LogP) is -1.06. The standard InChI is InChI=1S/C6H10O3.C6H12O3/c1(5-3-8-5)7-2-6-4-9-6;7-3-1-2-6(4-8)5-9/h5-6H,1-4H2;1-2,6-9H,3-5H2. The number of ether oxygens (including phenoxy) is 3. The lowest BCUT2D eigenvalue weighted by atomic mass is 10.1. The van der Waals surface area contributed by atoms with Crippen LogP contribution in [-0.4, -0.2) is 73.8 Å². The number of aliphatic hydroxyl groups excluding tert-OH is 3. The summed E-state index contributed by atoms with van der Waals surface area (Å²) in [5.41, 5.74) is 0. The first-order valence-electron chi connectivity index (χ1n) is 6.10. The summed E-state index contributed by atoms with van der Waals surface area (Å²) in [7, 11) is 0. The Hall–Kier alpha value is -0.500. The third kappa shape index (κ3) is 8.57. The van der Waals surface area contributed by atoms with Gasteiger partial charge >= 0.3 is 0 Å². The summed E-state index contributed by atoms with van der Waals surface area (Å²) in [4.78, 5) is 0. The van der Waals surface area contributed by atoms with Gasteiger partial charge in [0.25, 0.3) is 0 Å². The molecule has 0 amide bonds. The second kappa shape index (κ2) is 9.43. The summed E-state index contributed by atoms with van der Waals surface area (Å²) in [6.07, 6.45) is 3.87. The van der Waals surface area contributed by atoms with E-state index >= 15 is 0 Å². The minimum Gasteiger partial charge on any atom is -0.396 e. The van der Waals surface area contributed by atoms with Crippen LogP contribution < -0.4 is 0 Å². The molecule has 2 fully saturated rings. The van der Waals surface area contributed by atoms with Gasteiger partial charge in [0.15, 0.2) is 0 Å². The largest absolute Gasteiger partial charge is 0.396 e. The fourth-order valence-corrected chi connectivity index (χ4v) is 1.09. The van der Waals surface area contributed by atoms with Crippen LogP contribution in [0.5, 0.6) is 0 Å². The molecule has 3 N–H and O–H groups in total. The van der Waals surface area contributed by atoms with Gasteiger partial charge in [-0.2, -0.15) is 0 Å². The van der Waals surface area contributed by atoms with Crippen LogP contribution in [0, 0.1) is 5.92 Å². The van der Waals surface area contributed by atoms with Crippen LogP contribution in [-0.2, 0) is 14.2 Å². The first-order chi connectivity index (χ1) is 8.80. The zero-order chi connectivity index (χ0) is 13.2. The number of hydrogen-bond acceptors (Lipinski definition) is 6. The molecule has 2 aliphatic rings. The van der Waals surface area contributed by atoms with Crippen molar-refractivity contribution in [3.8, 4) is 0 Å². The van der Waals surface area contributed by atoms with E-state index in [9.17, 15) is 0 Å². The lowest BCUT2D eigenvalue weighted by Crippen LogP contribution is -2.07. The summed E-state index contributed by atoms with van der Waals surface area (Å²) >= 11 is 0. The van der Waals surface area contributed by atoms with Crippen LogP contribution in [0.1, 0.15) is 0 Å². The molecule has 0 bridgehead atoms. The van der Waals surface area contributed by atoms with Crippen molar-refractivity contribution in [2.75, 3.05) is 46.2 Å². The summed E-state index contributed by atoms with van der Waals surface area (Å²) in [6.45, 7) is 3.06. The van der Waals surface area contributed by atoms with E-state index in [0.29, 0.717) is 12.2 Å². The predicted molar refractivity (Wildman–Crippen MR) is 64.2 cm³/mol. The van der Waals surface area contributed by atoms with Gasteiger partial charge in [0.05, 0.1) is 46.2 Å². The van der Waals surface area contributed by atoms with Gasteiger partial charge in [-0.3, -0.25) is 0 Å². The molecule has 0 saturated carbocycles. The van der Waals surface area contributed by atoms with Crippen molar-refractivity contribution in [3.05, 3.63) is 12.2 Å². The monoisotopic (exact) mass is 262 g/mol. The van der Waals surface area contributed by atoms with Crippen molar-refractivity contribution in [1.29, 1.82) is 0 Å². The zero-order valence-electron chi connectivity index (χ0n) is 10.4. The Morgan fingerprint density at radius 1 is 1.06 bits per heavy atom. The van der Waals surface area contributed by atoms with Crippen molar-refractivity contribution >= 4 is 0 Å². The molecule has 0 aliphatic carbocycles. The molecule has 2 saturated heterocycles. The van der Waals surface area contributed by atoms with E-state index in [-0.39, 0.29) is 25.7 Å². The first kappa shape index (κ1) is 15.6. The molecule has 2 atom stereocenters. The molecule has 0 aromatic rings. The maximum atomic E-state index is 8.46. The highest BCUT2D eigenvalue weighted by Gasteiger charge is 2.26. The minimum absolute atomic E-state index is 0.0451. The van der Waals surface area contributed by atoms with Gasteiger partial charge in [-0.1, -0.05) is 12.2 Å². The van der Waals surface area contributed by atoms with E-state index in [4.69, 9.17) is 29.5 Å². The van der Waals surface area contributed by atoms with Gasteiger partial charge in [-0.15, -0.1) is 0 Å². The molecule has 6 nitrogen and oxygen atoms in total. The molecule has 2 rings (SSSR count). The Morgan fingerprint density at radius 3 is 1.89 bits per heavy atom. The molecule has 2 heterocycles. The number of rotatable bonds is 8.